The average Bonchev–Trinajstić information content (AvgIpc) is 3.16. The fourth-order valence-electron chi connectivity index (χ4n) is 4.64. The second-order valence-corrected chi connectivity index (χ2v) is 8.69. The number of nitrogen functional groups attached to an aromatic ring is 1. The molecular formula is C24H31N5O2. The van der Waals surface area contributed by atoms with Crippen LogP contribution < -0.4 is 21.7 Å². The molecule has 2 aliphatic rings. The topological polar surface area (TPSA) is 109 Å². The number of aromatic nitrogens is 1. The van der Waals surface area contributed by atoms with E-state index < -0.39 is 6.04 Å². The third-order valence-corrected chi connectivity index (χ3v) is 6.34. The van der Waals surface area contributed by atoms with Gasteiger partial charge in [-0.2, -0.15) is 0 Å². The maximum atomic E-state index is 12.8. The minimum Gasteiger partial charge on any atom is -0.384 e. The molecule has 7 heteroatoms. The van der Waals surface area contributed by atoms with E-state index in [1.807, 2.05) is 12.1 Å². The third kappa shape index (κ3) is 5.22. The molecule has 2 aromatic rings. The van der Waals surface area contributed by atoms with Gasteiger partial charge in [-0.15, -0.1) is 0 Å². The molecule has 0 bridgehead atoms. The van der Waals surface area contributed by atoms with Gasteiger partial charge in [0.2, 0.25) is 11.8 Å². The van der Waals surface area contributed by atoms with Crippen LogP contribution in [0.15, 0.2) is 42.5 Å². The second kappa shape index (κ2) is 9.47. The Morgan fingerprint density at radius 3 is 2.81 bits per heavy atom. The average molecular weight is 422 g/mol. The van der Waals surface area contributed by atoms with E-state index in [4.69, 9.17) is 5.73 Å². The molecule has 31 heavy (non-hydrogen) atoms. The smallest absolute Gasteiger partial charge is 0.242 e. The summed E-state index contributed by atoms with van der Waals surface area (Å²) in [4.78, 5) is 29.9. The van der Waals surface area contributed by atoms with Gasteiger partial charge in [-0.25, -0.2) is 4.98 Å². The number of rotatable bonds is 6. The molecule has 4 atom stereocenters. The van der Waals surface area contributed by atoms with E-state index in [1.165, 1.54) is 5.56 Å². The lowest BCUT2D eigenvalue weighted by molar-refractivity contribution is -0.130. The van der Waals surface area contributed by atoms with E-state index in [0.29, 0.717) is 11.7 Å². The summed E-state index contributed by atoms with van der Waals surface area (Å²) < 4.78 is 0. The monoisotopic (exact) mass is 421 g/mol. The Labute approximate surface area is 183 Å². The van der Waals surface area contributed by atoms with Gasteiger partial charge in [0, 0.05) is 5.69 Å². The molecule has 1 aromatic carbocycles. The minimum atomic E-state index is -0.602. The van der Waals surface area contributed by atoms with Gasteiger partial charge >= 0.3 is 0 Å². The molecule has 2 heterocycles. The van der Waals surface area contributed by atoms with Crippen LogP contribution in [0.4, 0.5) is 5.82 Å². The quantitative estimate of drug-likeness (QED) is 0.569. The van der Waals surface area contributed by atoms with Crippen LogP contribution in [0.1, 0.15) is 49.0 Å². The van der Waals surface area contributed by atoms with Crippen LogP contribution in [0.2, 0.25) is 0 Å². The fraction of sp³-hybridized carbons (Fsp3) is 0.458. The molecule has 1 aliphatic carbocycles. The molecule has 5 N–H and O–H groups in total. The van der Waals surface area contributed by atoms with Gasteiger partial charge in [-0.1, -0.05) is 36.4 Å². The van der Waals surface area contributed by atoms with Crippen LogP contribution in [0.3, 0.4) is 0 Å². The van der Waals surface area contributed by atoms with E-state index in [0.717, 1.165) is 49.9 Å². The number of carbonyl (C=O) groups excluding carboxylic acids is 2. The summed E-state index contributed by atoms with van der Waals surface area (Å²) in [5, 5.41) is 9.25. The third-order valence-electron chi connectivity index (χ3n) is 6.34. The highest BCUT2D eigenvalue weighted by Crippen LogP contribution is 2.30. The van der Waals surface area contributed by atoms with Gasteiger partial charge in [-0.05, 0) is 68.7 Å². The second-order valence-electron chi connectivity index (χ2n) is 8.69. The maximum Gasteiger partial charge on any atom is 0.242 e. The van der Waals surface area contributed by atoms with Gasteiger partial charge in [-0.3, -0.25) is 9.59 Å². The zero-order valence-electron chi connectivity index (χ0n) is 17.9. The van der Waals surface area contributed by atoms with E-state index in [9.17, 15) is 9.59 Å². The summed E-state index contributed by atoms with van der Waals surface area (Å²) in [6, 6.07) is 13.1. The Bertz CT molecular complexity index is 933. The first-order chi connectivity index (χ1) is 15.0. The number of nitrogens with zero attached hydrogens (tertiary/aromatic N) is 1. The molecule has 1 aliphatic heterocycles. The number of anilines is 1. The Morgan fingerprint density at radius 1 is 1.19 bits per heavy atom. The van der Waals surface area contributed by atoms with Crippen LogP contribution in [-0.4, -0.2) is 35.4 Å². The Balaban J connectivity index is 1.28. The lowest BCUT2D eigenvalue weighted by Crippen LogP contribution is -2.54. The van der Waals surface area contributed by atoms with Gasteiger partial charge in [0.1, 0.15) is 11.9 Å². The van der Waals surface area contributed by atoms with Crippen LogP contribution in [-0.2, 0) is 22.4 Å². The van der Waals surface area contributed by atoms with Crippen LogP contribution >= 0.6 is 0 Å². The fourth-order valence-corrected chi connectivity index (χ4v) is 4.64. The van der Waals surface area contributed by atoms with Crippen molar-refractivity contribution in [2.45, 2.75) is 57.2 Å². The molecule has 2 amide bonds. The van der Waals surface area contributed by atoms with Gasteiger partial charge in [0.05, 0.1) is 12.1 Å². The molecular weight excluding hydrogens is 390 g/mol. The highest BCUT2D eigenvalue weighted by molar-refractivity contribution is 5.89. The number of aryl methyl sites for hydroxylation is 1. The number of amides is 2. The number of hydrogen-bond donors (Lipinski definition) is 4. The molecule has 164 valence electrons. The lowest BCUT2D eigenvalue weighted by Gasteiger charge is -2.30. The van der Waals surface area contributed by atoms with E-state index >= 15 is 0 Å². The van der Waals surface area contributed by atoms with Crippen LogP contribution in [0.25, 0.3) is 0 Å². The molecule has 4 rings (SSSR count). The summed E-state index contributed by atoms with van der Waals surface area (Å²) in [6.07, 6.45) is 4.39. The SMILES string of the molecule is CC(NC(=O)C1CC(Cc2ccccc2)CCN1)C(=O)NC1CCc2nc(N)ccc21. The zero-order valence-corrected chi connectivity index (χ0v) is 17.9. The van der Waals surface area contributed by atoms with Crippen LogP contribution in [0, 0.1) is 5.92 Å². The first-order valence-electron chi connectivity index (χ1n) is 11.1. The number of hydrogen-bond acceptors (Lipinski definition) is 5. The van der Waals surface area contributed by atoms with Crippen molar-refractivity contribution >= 4 is 17.6 Å². The van der Waals surface area contributed by atoms with Crippen molar-refractivity contribution in [1.82, 2.24) is 20.9 Å². The van der Waals surface area contributed by atoms with E-state index in [1.54, 1.807) is 13.0 Å². The first kappa shape index (κ1) is 21.3. The van der Waals surface area contributed by atoms with E-state index in [2.05, 4.69) is 45.2 Å². The molecule has 1 fully saturated rings. The predicted octanol–water partition coefficient (Wildman–Crippen LogP) is 1.88. The van der Waals surface area contributed by atoms with Gasteiger partial charge in [0.15, 0.2) is 0 Å². The molecule has 0 radical (unpaired) electrons. The van der Waals surface area contributed by atoms with Gasteiger partial charge < -0.3 is 21.7 Å². The number of benzene rings is 1. The molecule has 1 aromatic heterocycles. The highest BCUT2D eigenvalue weighted by atomic mass is 16.2. The predicted molar refractivity (Wildman–Crippen MR) is 120 cm³/mol. The minimum absolute atomic E-state index is 0.0852. The highest BCUT2D eigenvalue weighted by Gasteiger charge is 2.30. The summed E-state index contributed by atoms with van der Waals surface area (Å²) >= 11 is 0. The standard InChI is InChI=1S/C24H31N5O2/c1-15(23(30)29-20-9-8-19-18(20)7-10-22(25)28-19)27-24(31)21-14-17(11-12-26-21)13-16-5-3-2-4-6-16/h2-7,10,15,17,20-21,26H,8-9,11-14H2,1H3,(H2,25,28)(H,27,31)(H,29,30). The summed E-state index contributed by atoms with van der Waals surface area (Å²) in [7, 11) is 0. The molecule has 1 saturated heterocycles. The Hall–Kier alpha value is -2.93. The lowest BCUT2D eigenvalue weighted by atomic mass is 9.87. The van der Waals surface area contributed by atoms with Gasteiger partial charge in [0.25, 0.3) is 0 Å². The Kier molecular flexibility index (Phi) is 6.51. The number of fused-ring (bicyclic) bond motifs is 1. The summed E-state index contributed by atoms with van der Waals surface area (Å²) in [5.41, 5.74) is 9.01. The summed E-state index contributed by atoms with van der Waals surface area (Å²) in [5.74, 6) is 0.664. The molecule has 0 spiro atoms. The number of piperidine rings is 1. The largest absolute Gasteiger partial charge is 0.384 e. The van der Waals surface area contributed by atoms with E-state index in [-0.39, 0.29) is 23.9 Å². The van der Waals surface area contributed by atoms with Crippen molar-refractivity contribution in [3.63, 3.8) is 0 Å². The van der Waals surface area contributed by atoms with Crippen molar-refractivity contribution in [2.75, 3.05) is 12.3 Å². The van der Waals surface area contributed by atoms with Crippen molar-refractivity contribution in [3.05, 3.63) is 59.3 Å². The first-order valence-corrected chi connectivity index (χ1v) is 11.1. The number of carbonyl (C=O) groups is 2. The number of pyridine rings is 1. The zero-order chi connectivity index (χ0) is 21.8. The molecule has 0 saturated carbocycles. The number of nitrogens with one attached hydrogen (secondary N) is 3. The molecule has 4 unspecified atom stereocenters. The van der Waals surface area contributed by atoms with Crippen LogP contribution in [0.5, 0.6) is 0 Å². The van der Waals surface area contributed by atoms with Crippen molar-refractivity contribution in [2.24, 2.45) is 5.92 Å². The van der Waals surface area contributed by atoms with Crippen molar-refractivity contribution in [1.29, 1.82) is 0 Å². The molecule has 7 nitrogen and oxygen atoms in total. The Morgan fingerprint density at radius 2 is 2.00 bits per heavy atom. The van der Waals surface area contributed by atoms with Crippen molar-refractivity contribution in [3.8, 4) is 0 Å². The normalized spacial score (nSPS) is 23.6. The summed E-state index contributed by atoms with van der Waals surface area (Å²) in [6.45, 7) is 2.54. The maximum absolute atomic E-state index is 12.8. The number of nitrogens with two attached hydrogens (primary N) is 1. The van der Waals surface area contributed by atoms with Crippen molar-refractivity contribution < 1.29 is 9.59 Å².